The molecule has 26 heavy (non-hydrogen) atoms. The second-order valence-corrected chi connectivity index (χ2v) is 10.1. The Morgan fingerprint density at radius 1 is 0.885 bits per heavy atom. The zero-order valence-electron chi connectivity index (χ0n) is 16.2. The van der Waals surface area contributed by atoms with Crippen molar-refractivity contribution in [2.75, 3.05) is 0 Å². The number of nitrogens with zero attached hydrogens (tertiary/aromatic N) is 3. The van der Waals surface area contributed by atoms with Crippen molar-refractivity contribution in [3.8, 4) is 0 Å². The number of azo groups is 2. The summed E-state index contributed by atoms with van der Waals surface area (Å²) in [5.74, 6) is 0. The van der Waals surface area contributed by atoms with Gasteiger partial charge < -0.3 is 0 Å². The zero-order valence-corrected chi connectivity index (χ0v) is 16.9. The van der Waals surface area contributed by atoms with Gasteiger partial charge in [-0.25, -0.2) is 0 Å². The first-order valence-corrected chi connectivity index (χ1v) is 10.9. The van der Waals surface area contributed by atoms with Gasteiger partial charge in [0.1, 0.15) is 5.54 Å². The molecule has 3 fully saturated rings. The van der Waals surface area contributed by atoms with Gasteiger partial charge in [0.25, 0.3) is 10.7 Å². The lowest BCUT2D eigenvalue weighted by atomic mass is 9.88. The number of rotatable bonds is 2. The van der Waals surface area contributed by atoms with E-state index in [1.165, 1.54) is 56.9 Å². The topological polar surface area (TPSA) is 18.4 Å². The Morgan fingerprint density at radius 3 is 2.08 bits per heavy atom. The zero-order chi connectivity index (χ0) is 18.0. The normalized spacial score (nSPS) is 36.4. The summed E-state index contributed by atoms with van der Waals surface area (Å²) >= 11 is 7.38. The van der Waals surface area contributed by atoms with E-state index in [-0.39, 0.29) is 21.9 Å². The third kappa shape index (κ3) is 1.99. The van der Waals surface area contributed by atoms with Crippen LogP contribution >= 0.6 is 11.6 Å². The molecule has 0 N–H and O–H groups in total. The van der Waals surface area contributed by atoms with Crippen LogP contribution in [-0.4, -0.2) is 25.8 Å². The fourth-order valence-corrected chi connectivity index (χ4v) is 6.87. The van der Waals surface area contributed by atoms with Crippen LogP contribution in [0.4, 0.5) is 0 Å². The highest BCUT2D eigenvalue weighted by atomic mass is 35.5. The molecular formula is C22H31ClN3+. The standard InChI is InChI=1S/C22H31ClN3/c1-19(2)22(18-12-6-3-7-13-18)25(19)21(16-10-5-11-17-21)24-26(22)20(23)14-8-4-9-15-20/h3,6-7,12-13H,4-5,8-11,14-17H2,1-2H3/q+1. The lowest BCUT2D eigenvalue weighted by Gasteiger charge is -2.32. The molecule has 2 aliphatic heterocycles. The second kappa shape index (κ2) is 5.54. The van der Waals surface area contributed by atoms with Crippen molar-refractivity contribution >= 4 is 11.6 Å². The summed E-state index contributed by atoms with van der Waals surface area (Å²) in [6, 6.07) is 11.0. The summed E-state index contributed by atoms with van der Waals surface area (Å²) in [4.78, 5) is 2.39. The van der Waals surface area contributed by atoms with Crippen LogP contribution in [0.2, 0.25) is 0 Å². The maximum absolute atomic E-state index is 7.38. The molecule has 4 aliphatic rings. The minimum atomic E-state index is -0.332. The van der Waals surface area contributed by atoms with Crippen molar-refractivity contribution in [2.45, 2.75) is 99.9 Å². The molecule has 2 aliphatic carbocycles. The third-order valence-electron chi connectivity index (χ3n) is 7.52. The fraction of sp³-hybridized carbons (Fsp3) is 0.727. The van der Waals surface area contributed by atoms with E-state index in [4.69, 9.17) is 16.7 Å². The van der Waals surface area contributed by atoms with E-state index >= 15 is 0 Å². The van der Waals surface area contributed by atoms with E-state index in [1.807, 2.05) is 0 Å². The largest absolute Gasteiger partial charge is 0.292 e. The Kier molecular flexibility index (Phi) is 3.66. The van der Waals surface area contributed by atoms with Gasteiger partial charge in [0.15, 0.2) is 5.66 Å². The Balaban J connectivity index is 1.70. The molecule has 0 radical (unpaired) electrons. The first-order chi connectivity index (χ1) is 12.5. The van der Waals surface area contributed by atoms with Crippen LogP contribution in [0.15, 0.2) is 35.4 Å². The summed E-state index contributed by atoms with van der Waals surface area (Å²) in [6.45, 7) is 4.81. The van der Waals surface area contributed by atoms with Crippen molar-refractivity contribution in [3.05, 3.63) is 35.9 Å². The number of halogens is 1. The summed E-state index contributed by atoms with van der Waals surface area (Å²) in [7, 11) is 0. The predicted octanol–water partition coefficient (Wildman–Crippen LogP) is 5.97. The molecule has 0 amide bonds. The average molecular weight is 373 g/mol. The van der Waals surface area contributed by atoms with E-state index < -0.39 is 0 Å². The highest BCUT2D eigenvalue weighted by molar-refractivity contribution is 6.22. The van der Waals surface area contributed by atoms with Crippen LogP contribution in [0.3, 0.4) is 0 Å². The molecule has 2 unspecified atom stereocenters. The number of hydrogen-bond donors (Lipinski definition) is 0. The van der Waals surface area contributed by atoms with Gasteiger partial charge in [-0.3, -0.25) is 0 Å². The van der Waals surface area contributed by atoms with Crippen LogP contribution in [-0.2, 0) is 5.66 Å². The summed E-state index contributed by atoms with van der Waals surface area (Å²) in [6.07, 6.45) is 12.1. The van der Waals surface area contributed by atoms with E-state index in [0.717, 1.165) is 12.8 Å². The molecular weight excluding hydrogens is 342 g/mol. The van der Waals surface area contributed by atoms with Gasteiger partial charge in [-0.05, 0) is 69.1 Å². The van der Waals surface area contributed by atoms with Crippen LogP contribution in [0.5, 0.6) is 0 Å². The molecule has 0 aromatic heterocycles. The molecule has 1 aromatic rings. The Labute approximate surface area is 162 Å². The van der Waals surface area contributed by atoms with Crippen LogP contribution in [0.1, 0.15) is 83.6 Å². The molecule has 5 rings (SSSR count). The smallest absolute Gasteiger partial charge is 0.190 e. The molecule has 1 spiro atoms. The van der Waals surface area contributed by atoms with E-state index in [1.54, 1.807) is 0 Å². The number of benzene rings is 1. The van der Waals surface area contributed by atoms with Gasteiger partial charge in [-0.2, -0.15) is 4.90 Å². The third-order valence-corrected chi connectivity index (χ3v) is 8.06. The molecule has 3 nitrogen and oxygen atoms in total. The van der Waals surface area contributed by atoms with Crippen molar-refractivity contribution < 1.29 is 4.70 Å². The van der Waals surface area contributed by atoms with Crippen molar-refractivity contribution in [2.24, 2.45) is 5.11 Å². The summed E-state index contributed by atoms with van der Waals surface area (Å²) in [5, 5.41) is 5.48. The SMILES string of the molecule is CC1(C)N2C3(CCCCC3)N=[N+](C3(Cl)CCCCC3)C21c1ccccc1. The van der Waals surface area contributed by atoms with Crippen LogP contribution in [0.25, 0.3) is 0 Å². The fourth-order valence-electron chi connectivity index (χ4n) is 6.45. The maximum atomic E-state index is 7.38. The van der Waals surface area contributed by atoms with E-state index in [0.29, 0.717) is 0 Å². The summed E-state index contributed by atoms with van der Waals surface area (Å²) < 4.78 is 2.40. The Hall–Kier alpha value is -0.930. The van der Waals surface area contributed by atoms with Crippen molar-refractivity contribution in [3.63, 3.8) is 0 Å². The number of fused-ring (bicyclic) bond motifs is 2. The second-order valence-electron chi connectivity index (χ2n) is 9.37. The van der Waals surface area contributed by atoms with Gasteiger partial charge in [0.2, 0.25) is 0 Å². The van der Waals surface area contributed by atoms with Gasteiger partial charge in [-0.1, -0.05) is 47.9 Å². The van der Waals surface area contributed by atoms with Gasteiger partial charge in [0.05, 0.1) is 0 Å². The van der Waals surface area contributed by atoms with Gasteiger partial charge >= 0.3 is 0 Å². The molecule has 1 aromatic carbocycles. The molecule has 0 bridgehead atoms. The van der Waals surface area contributed by atoms with Crippen LogP contribution in [0, 0.1) is 0 Å². The first-order valence-electron chi connectivity index (χ1n) is 10.6. The monoisotopic (exact) mass is 372 g/mol. The first kappa shape index (κ1) is 17.2. The number of hydrogen-bond acceptors (Lipinski definition) is 2. The van der Waals surface area contributed by atoms with Crippen molar-refractivity contribution in [1.82, 2.24) is 4.90 Å². The molecule has 2 heterocycles. The van der Waals surface area contributed by atoms with E-state index in [2.05, 4.69) is 53.8 Å². The van der Waals surface area contributed by atoms with E-state index in [9.17, 15) is 0 Å². The predicted molar refractivity (Wildman–Crippen MR) is 104 cm³/mol. The lowest BCUT2D eigenvalue weighted by molar-refractivity contribution is -0.699. The molecule has 1 saturated heterocycles. The lowest BCUT2D eigenvalue weighted by Crippen LogP contribution is -2.46. The molecule has 140 valence electrons. The quantitative estimate of drug-likeness (QED) is 0.270. The van der Waals surface area contributed by atoms with Crippen LogP contribution < -0.4 is 0 Å². The highest BCUT2D eigenvalue weighted by Crippen LogP contribution is 2.71. The van der Waals surface area contributed by atoms with Crippen molar-refractivity contribution in [1.29, 1.82) is 0 Å². The minimum absolute atomic E-state index is 0.0447. The highest BCUT2D eigenvalue weighted by Gasteiger charge is 2.91. The summed E-state index contributed by atoms with van der Waals surface area (Å²) in [5.41, 5.74) is 1.20. The van der Waals surface area contributed by atoms with Gasteiger partial charge in [-0.15, -0.1) is 0 Å². The molecule has 2 saturated carbocycles. The minimum Gasteiger partial charge on any atom is -0.190 e. The number of alkyl halides is 1. The molecule has 4 heteroatoms. The Bertz CT molecular complexity index is 729. The molecule has 2 atom stereocenters. The average Bonchev–Trinajstić information content (AvgIpc) is 3.02. The van der Waals surface area contributed by atoms with Gasteiger partial charge in [0, 0.05) is 18.4 Å². The maximum Gasteiger partial charge on any atom is 0.292 e. The Morgan fingerprint density at radius 2 is 1.46 bits per heavy atom.